The number of nitrogens with zero attached hydrogens (tertiary/aromatic N) is 5. The van der Waals surface area contributed by atoms with Gasteiger partial charge in [0.25, 0.3) is 0 Å². The van der Waals surface area contributed by atoms with Crippen LogP contribution in [-0.4, -0.2) is 24.7 Å². The van der Waals surface area contributed by atoms with Crippen molar-refractivity contribution in [3.63, 3.8) is 0 Å². The van der Waals surface area contributed by atoms with E-state index < -0.39 is 0 Å². The molecular weight excluding hydrogens is 324 g/mol. The topological polar surface area (TPSA) is 68.5 Å². The number of aromatic nitrogens is 5. The van der Waals surface area contributed by atoms with E-state index in [1.54, 1.807) is 6.33 Å². The molecule has 1 N–H and O–H groups in total. The molecule has 1 aromatic carbocycles. The number of pyridine rings is 1. The van der Waals surface area contributed by atoms with Crippen LogP contribution >= 0.6 is 0 Å². The molecule has 3 heterocycles. The summed E-state index contributed by atoms with van der Waals surface area (Å²) in [5, 5.41) is 9.11. The summed E-state index contributed by atoms with van der Waals surface area (Å²) in [4.78, 5) is 13.3. The van der Waals surface area contributed by atoms with Crippen molar-refractivity contribution >= 4 is 22.5 Å². The normalized spacial score (nSPS) is 11.1. The van der Waals surface area contributed by atoms with E-state index in [1.165, 1.54) is 10.9 Å². The molecule has 0 unspecified atom stereocenters. The summed E-state index contributed by atoms with van der Waals surface area (Å²) in [6, 6.07) is 12.2. The monoisotopic (exact) mass is 344 g/mol. The van der Waals surface area contributed by atoms with Crippen LogP contribution in [0.15, 0.2) is 42.7 Å². The standard InChI is InChI=1S/C20H20N6/c1-12-6-5-7-16-13(2)8-18(24-20(12)16)26-19(10-15(4)25-26)23-17-9-14(3)21-11-22-17/h5-11H,1-4H3,(H,21,22,23). The number of hydrogen-bond acceptors (Lipinski definition) is 5. The number of aryl methyl sites for hydroxylation is 4. The van der Waals surface area contributed by atoms with Gasteiger partial charge in [0.05, 0.1) is 11.2 Å². The van der Waals surface area contributed by atoms with Gasteiger partial charge in [0.2, 0.25) is 0 Å². The molecular formula is C20H20N6. The van der Waals surface area contributed by atoms with Crippen LogP contribution in [0, 0.1) is 27.7 Å². The Hall–Kier alpha value is -3.28. The Morgan fingerprint density at radius 1 is 0.885 bits per heavy atom. The van der Waals surface area contributed by atoms with Gasteiger partial charge in [0, 0.05) is 23.2 Å². The van der Waals surface area contributed by atoms with Crippen LogP contribution < -0.4 is 5.32 Å². The lowest BCUT2D eigenvalue weighted by molar-refractivity contribution is 0.842. The predicted octanol–water partition coefficient (Wildman–Crippen LogP) is 4.19. The largest absolute Gasteiger partial charge is 0.325 e. The average molecular weight is 344 g/mol. The van der Waals surface area contributed by atoms with Crippen LogP contribution in [0.5, 0.6) is 0 Å². The fourth-order valence-electron chi connectivity index (χ4n) is 3.07. The quantitative estimate of drug-likeness (QED) is 0.603. The summed E-state index contributed by atoms with van der Waals surface area (Å²) >= 11 is 0. The molecule has 0 amide bonds. The van der Waals surface area contributed by atoms with E-state index >= 15 is 0 Å². The molecule has 0 saturated carbocycles. The number of fused-ring (bicyclic) bond motifs is 1. The lowest BCUT2D eigenvalue weighted by Crippen LogP contribution is -2.06. The van der Waals surface area contributed by atoms with Crippen molar-refractivity contribution in [2.24, 2.45) is 0 Å². The maximum absolute atomic E-state index is 4.87. The van der Waals surface area contributed by atoms with Crippen molar-refractivity contribution in [2.45, 2.75) is 27.7 Å². The molecule has 0 radical (unpaired) electrons. The van der Waals surface area contributed by atoms with Gasteiger partial charge in [-0.25, -0.2) is 15.0 Å². The Bertz CT molecular complexity index is 1110. The summed E-state index contributed by atoms with van der Waals surface area (Å²) in [6.45, 7) is 8.08. The number of hydrogen-bond donors (Lipinski definition) is 1. The number of para-hydroxylation sites is 1. The minimum absolute atomic E-state index is 0.729. The van der Waals surface area contributed by atoms with Crippen molar-refractivity contribution in [2.75, 3.05) is 5.32 Å². The van der Waals surface area contributed by atoms with Crippen LogP contribution in [0.1, 0.15) is 22.5 Å². The van der Waals surface area contributed by atoms with E-state index in [0.717, 1.165) is 39.9 Å². The number of anilines is 2. The molecule has 3 aromatic heterocycles. The van der Waals surface area contributed by atoms with Crippen molar-refractivity contribution in [3.8, 4) is 5.82 Å². The zero-order valence-electron chi connectivity index (χ0n) is 15.3. The van der Waals surface area contributed by atoms with Crippen molar-refractivity contribution in [1.29, 1.82) is 0 Å². The molecule has 0 aliphatic heterocycles. The van der Waals surface area contributed by atoms with E-state index in [2.05, 4.69) is 58.5 Å². The molecule has 6 nitrogen and oxygen atoms in total. The van der Waals surface area contributed by atoms with Crippen LogP contribution in [0.25, 0.3) is 16.7 Å². The molecule has 130 valence electrons. The first-order valence-corrected chi connectivity index (χ1v) is 8.51. The van der Waals surface area contributed by atoms with Gasteiger partial charge in [-0.15, -0.1) is 0 Å². The number of benzene rings is 1. The zero-order valence-corrected chi connectivity index (χ0v) is 15.3. The highest BCUT2D eigenvalue weighted by Gasteiger charge is 2.12. The van der Waals surface area contributed by atoms with Gasteiger partial charge in [0.15, 0.2) is 5.82 Å². The van der Waals surface area contributed by atoms with Gasteiger partial charge in [-0.3, -0.25) is 0 Å². The molecule has 4 rings (SSSR count). The highest BCUT2D eigenvalue weighted by atomic mass is 15.4. The van der Waals surface area contributed by atoms with Gasteiger partial charge < -0.3 is 5.32 Å². The van der Waals surface area contributed by atoms with Crippen LogP contribution in [0.4, 0.5) is 11.6 Å². The molecule has 0 atom stereocenters. The average Bonchev–Trinajstić information content (AvgIpc) is 2.96. The second kappa shape index (κ2) is 6.22. The molecule has 0 saturated heterocycles. The van der Waals surface area contributed by atoms with E-state index in [4.69, 9.17) is 4.98 Å². The van der Waals surface area contributed by atoms with E-state index in [1.807, 2.05) is 30.7 Å². The number of rotatable bonds is 3. The fourth-order valence-corrected chi connectivity index (χ4v) is 3.07. The minimum Gasteiger partial charge on any atom is -0.325 e. The molecule has 26 heavy (non-hydrogen) atoms. The molecule has 0 bridgehead atoms. The lowest BCUT2D eigenvalue weighted by Gasteiger charge is -2.12. The minimum atomic E-state index is 0.729. The number of nitrogens with one attached hydrogen (secondary N) is 1. The molecule has 0 fully saturated rings. The van der Waals surface area contributed by atoms with Gasteiger partial charge in [0.1, 0.15) is 18.0 Å². The van der Waals surface area contributed by atoms with E-state index in [-0.39, 0.29) is 0 Å². The van der Waals surface area contributed by atoms with Crippen LogP contribution in [-0.2, 0) is 0 Å². The van der Waals surface area contributed by atoms with Crippen molar-refractivity contribution in [3.05, 3.63) is 65.2 Å². The lowest BCUT2D eigenvalue weighted by atomic mass is 10.1. The smallest absolute Gasteiger partial charge is 0.156 e. The SMILES string of the molecule is Cc1cc(Nc2cc(C)nn2-c2cc(C)c3cccc(C)c3n2)ncn1. The molecule has 0 aliphatic rings. The first-order chi connectivity index (χ1) is 12.5. The van der Waals surface area contributed by atoms with Gasteiger partial charge >= 0.3 is 0 Å². The first kappa shape index (κ1) is 16.2. The third kappa shape index (κ3) is 2.90. The maximum atomic E-state index is 4.87. The van der Waals surface area contributed by atoms with Crippen LogP contribution in [0.2, 0.25) is 0 Å². The Labute approximate surface area is 152 Å². The van der Waals surface area contributed by atoms with Gasteiger partial charge in [-0.1, -0.05) is 18.2 Å². The van der Waals surface area contributed by atoms with Crippen molar-refractivity contribution < 1.29 is 0 Å². The predicted molar refractivity (Wildman–Crippen MR) is 103 cm³/mol. The summed E-state index contributed by atoms with van der Waals surface area (Å²) < 4.78 is 1.83. The molecule has 0 aliphatic carbocycles. The summed E-state index contributed by atoms with van der Waals surface area (Å²) in [5.74, 6) is 2.33. The molecule has 6 heteroatoms. The first-order valence-electron chi connectivity index (χ1n) is 8.51. The molecule has 0 spiro atoms. The Balaban J connectivity index is 1.84. The van der Waals surface area contributed by atoms with Gasteiger partial charge in [-0.05, 0) is 44.9 Å². The van der Waals surface area contributed by atoms with Crippen LogP contribution in [0.3, 0.4) is 0 Å². The van der Waals surface area contributed by atoms with Gasteiger partial charge in [-0.2, -0.15) is 9.78 Å². The third-order valence-electron chi connectivity index (χ3n) is 4.34. The Morgan fingerprint density at radius 3 is 2.54 bits per heavy atom. The summed E-state index contributed by atoms with van der Waals surface area (Å²) in [6.07, 6.45) is 1.55. The maximum Gasteiger partial charge on any atom is 0.156 e. The highest BCUT2D eigenvalue weighted by molar-refractivity contribution is 5.85. The third-order valence-corrected chi connectivity index (χ3v) is 4.34. The van der Waals surface area contributed by atoms with E-state index in [0.29, 0.717) is 0 Å². The molecule has 4 aromatic rings. The Kier molecular flexibility index (Phi) is 3.88. The highest BCUT2D eigenvalue weighted by Crippen LogP contribution is 2.25. The summed E-state index contributed by atoms with van der Waals surface area (Å²) in [7, 11) is 0. The second-order valence-corrected chi connectivity index (χ2v) is 6.52. The van der Waals surface area contributed by atoms with E-state index in [9.17, 15) is 0 Å². The Morgan fingerprint density at radius 2 is 1.73 bits per heavy atom. The fraction of sp³-hybridized carbons (Fsp3) is 0.200. The summed E-state index contributed by atoms with van der Waals surface area (Å²) in [5.41, 5.74) is 5.13. The zero-order chi connectivity index (χ0) is 18.3. The second-order valence-electron chi connectivity index (χ2n) is 6.52. The van der Waals surface area contributed by atoms with Crippen molar-refractivity contribution in [1.82, 2.24) is 24.7 Å².